The number of pyridine rings is 1. The van der Waals surface area contributed by atoms with E-state index in [0.717, 1.165) is 16.7 Å². The van der Waals surface area contributed by atoms with Gasteiger partial charge < -0.3 is 0 Å². The number of fused-ring (bicyclic) bond motifs is 1. The van der Waals surface area contributed by atoms with Crippen molar-refractivity contribution in [3.05, 3.63) is 77.6 Å². The number of rotatable bonds is 3. The Labute approximate surface area is 118 Å². The fourth-order valence-corrected chi connectivity index (χ4v) is 2.56. The van der Waals surface area contributed by atoms with E-state index in [-0.39, 0.29) is 6.04 Å². The second-order valence-electron chi connectivity index (χ2n) is 4.94. The van der Waals surface area contributed by atoms with E-state index in [2.05, 4.69) is 46.8 Å². The summed E-state index contributed by atoms with van der Waals surface area (Å²) < 4.78 is 0. The fraction of sp³-hybridized carbons (Fsp3) is 0.118. The lowest BCUT2D eigenvalue weighted by molar-refractivity contribution is 0.633. The zero-order valence-corrected chi connectivity index (χ0v) is 11.4. The maximum absolute atomic E-state index is 5.78. The molecular weight excluding hydrogens is 246 g/mol. The first kappa shape index (κ1) is 12.8. The normalized spacial score (nSPS) is 12.5. The van der Waals surface area contributed by atoms with Crippen molar-refractivity contribution in [3.8, 4) is 0 Å². The molecule has 20 heavy (non-hydrogen) atoms. The number of benzene rings is 2. The molecule has 0 spiro atoms. The average molecular weight is 263 g/mol. The Morgan fingerprint density at radius 2 is 1.85 bits per heavy atom. The van der Waals surface area contributed by atoms with E-state index < -0.39 is 0 Å². The predicted molar refractivity (Wildman–Crippen MR) is 82.1 cm³/mol. The van der Waals surface area contributed by atoms with Gasteiger partial charge in [0.25, 0.3) is 0 Å². The SMILES string of the molecule is Cc1cnccc1C(NN)c1ccc2ccccc2c1. The van der Waals surface area contributed by atoms with E-state index in [1.165, 1.54) is 10.8 Å². The average Bonchev–Trinajstić information content (AvgIpc) is 2.50. The summed E-state index contributed by atoms with van der Waals surface area (Å²) in [5.74, 6) is 5.78. The van der Waals surface area contributed by atoms with Gasteiger partial charge in [-0.05, 0) is 46.5 Å². The van der Waals surface area contributed by atoms with E-state index >= 15 is 0 Å². The van der Waals surface area contributed by atoms with Crippen LogP contribution in [0.25, 0.3) is 10.8 Å². The summed E-state index contributed by atoms with van der Waals surface area (Å²) in [4.78, 5) is 4.14. The van der Waals surface area contributed by atoms with Gasteiger partial charge in [0.1, 0.15) is 0 Å². The molecule has 0 radical (unpaired) electrons. The smallest absolute Gasteiger partial charge is 0.0713 e. The molecule has 0 aliphatic heterocycles. The molecule has 0 saturated carbocycles. The quantitative estimate of drug-likeness (QED) is 0.564. The summed E-state index contributed by atoms with van der Waals surface area (Å²) in [5, 5.41) is 2.45. The molecule has 3 heteroatoms. The molecule has 0 fully saturated rings. The first-order chi connectivity index (χ1) is 9.79. The summed E-state index contributed by atoms with van der Waals surface area (Å²) in [6.07, 6.45) is 3.66. The van der Waals surface area contributed by atoms with E-state index in [4.69, 9.17) is 5.84 Å². The highest BCUT2D eigenvalue weighted by Gasteiger charge is 2.14. The van der Waals surface area contributed by atoms with Gasteiger partial charge >= 0.3 is 0 Å². The highest BCUT2D eigenvalue weighted by molar-refractivity contribution is 5.83. The second kappa shape index (κ2) is 5.41. The molecule has 1 atom stereocenters. The Morgan fingerprint density at radius 3 is 2.60 bits per heavy atom. The number of aromatic nitrogens is 1. The topological polar surface area (TPSA) is 50.9 Å². The van der Waals surface area contributed by atoms with Crippen molar-refractivity contribution < 1.29 is 0 Å². The zero-order chi connectivity index (χ0) is 13.9. The molecule has 1 unspecified atom stereocenters. The molecule has 0 bridgehead atoms. The third-order valence-electron chi connectivity index (χ3n) is 3.65. The van der Waals surface area contributed by atoms with E-state index in [1.807, 2.05) is 25.3 Å². The van der Waals surface area contributed by atoms with E-state index in [9.17, 15) is 0 Å². The van der Waals surface area contributed by atoms with Crippen LogP contribution in [0.15, 0.2) is 60.9 Å². The second-order valence-corrected chi connectivity index (χ2v) is 4.94. The van der Waals surface area contributed by atoms with Gasteiger partial charge in [-0.1, -0.05) is 36.4 Å². The van der Waals surface area contributed by atoms with Crippen LogP contribution in [-0.2, 0) is 0 Å². The maximum Gasteiger partial charge on any atom is 0.0713 e. The minimum Gasteiger partial charge on any atom is -0.271 e. The summed E-state index contributed by atoms with van der Waals surface area (Å²) in [6, 6.07) is 16.7. The monoisotopic (exact) mass is 263 g/mol. The third kappa shape index (κ3) is 2.29. The van der Waals surface area contributed by atoms with Gasteiger partial charge in [0, 0.05) is 12.4 Å². The minimum absolute atomic E-state index is 0.0254. The van der Waals surface area contributed by atoms with Crippen molar-refractivity contribution in [2.24, 2.45) is 5.84 Å². The van der Waals surface area contributed by atoms with Crippen LogP contribution in [0.2, 0.25) is 0 Å². The van der Waals surface area contributed by atoms with Crippen molar-refractivity contribution in [1.82, 2.24) is 10.4 Å². The zero-order valence-electron chi connectivity index (χ0n) is 11.4. The van der Waals surface area contributed by atoms with Crippen LogP contribution in [0.5, 0.6) is 0 Å². The molecule has 1 heterocycles. The van der Waals surface area contributed by atoms with E-state index in [1.54, 1.807) is 6.20 Å². The Balaban J connectivity index is 2.10. The molecule has 0 saturated heterocycles. The van der Waals surface area contributed by atoms with Crippen molar-refractivity contribution in [3.63, 3.8) is 0 Å². The highest BCUT2D eigenvalue weighted by atomic mass is 15.2. The van der Waals surface area contributed by atoms with Gasteiger partial charge in [0.05, 0.1) is 6.04 Å². The van der Waals surface area contributed by atoms with Crippen LogP contribution in [0, 0.1) is 6.92 Å². The van der Waals surface area contributed by atoms with Crippen molar-refractivity contribution in [2.45, 2.75) is 13.0 Å². The molecule has 0 aliphatic rings. The maximum atomic E-state index is 5.78. The molecular formula is C17H17N3. The number of nitrogens with two attached hydrogens (primary N) is 1. The molecule has 0 amide bonds. The molecule has 3 N–H and O–H groups in total. The van der Waals surface area contributed by atoms with Gasteiger partial charge in [-0.15, -0.1) is 0 Å². The van der Waals surface area contributed by atoms with Crippen LogP contribution >= 0.6 is 0 Å². The van der Waals surface area contributed by atoms with Crippen LogP contribution in [0.1, 0.15) is 22.7 Å². The first-order valence-corrected chi connectivity index (χ1v) is 6.65. The fourth-order valence-electron chi connectivity index (χ4n) is 2.56. The number of hydrazine groups is 1. The van der Waals surface area contributed by atoms with Crippen molar-refractivity contribution >= 4 is 10.8 Å². The lowest BCUT2D eigenvalue weighted by atomic mass is 9.95. The summed E-state index contributed by atoms with van der Waals surface area (Å²) in [7, 11) is 0. The lowest BCUT2D eigenvalue weighted by Crippen LogP contribution is -2.29. The molecule has 3 rings (SSSR count). The molecule has 100 valence electrons. The first-order valence-electron chi connectivity index (χ1n) is 6.65. The predicted octanol–water partition coefficient (Wildman–Crippen LogP) is 3.10. The number of hydrogen-bond acceptors (Lipinski definition) is 3. The highest BCUT2D eigenvalue weighted by Crippen LogP contribution is 2.26. The van der Waals surface area contributed by atoms with E-state index in [0.29, 0.717) is 0 Å². The van der Waals surface area contributed by atoms with Gasteiger partial charge in [-0.2, -0.15) is 0 Å². The largest absolute Gasteiger partial charge is 0.271 e. The van der Waals surface area contributed by atoms with Gasteiger partial charge in [0.15, 0.2) is 0 Å². The van der Waals surface area contributed by atoms with Crippen LogP contribution < -0.4 is 11.3 Å². The Bertz CT molecular complexity index is 737. The minimum atomic E-state index is -0.0254. The molecule has 1 aromatic heterocycles. The lowest BCUT2D eigenvalue weighted by Gasteiger charge is -2.19. The van der Waals surface area contributed by atoms with Crippen LogP contribution in [0.3, 0.4) is 0 Å². The number of nitrogens with zero attached hydrogens (tertiary/aromatic N) is 1. The van der Waals surface area contributed by atoms with Gasteiger partial charge in [-0.25, -0.2) is 5.43 Å². The van der Waals surface area contributed by atoms with Crippen molar-refractivity contribution in [2.75, 3.05) is 0 Å². The van der Waals surface area contributed by atoms with Crippen LogP contribution in [0.4, 0.5) is 0 Å². The molecule has 3 aromatic rings. The molecule has 0 aliphatic carbocycles. The Kier molecular flexibility index (Phi) is 3.46. The van der Waals surface area contributed by atoms with Crippen LogP contribution in [-0.4, -0.2) is 4.98 Å². The number of nitrogens with one attached hydrogen (secondary N) is 1. The standard InChI is InChI=1S/C17H17N3/c1-12-11-19-9-8-16(12)17(20-18)15-7-6-13-4-2-3-5-14(13)10-15/h2-11,17,20H,18H2,1H3. The summed E-state index contributed by atoms with van der Waals surface area (Å²) >= 11 is 0. The summed E-state index contributed by atoms with van der Waals surface area (Å²) in [6.45, 7) is 2.05. The Hall–Kier alpha value is -2.23. The van der Waals surface area contributed by atoms with Crippen molar-refractivity contribution in [1.29, 1.82) is 0 Å². The number of aryl methyl sites for hydroxylation is 1. The van der Waals surface area contributed by atoms with Gasteiger partial charge in [-0.3, -0.25) is 10.8 Å². The molecule has 2 aromatic carbocycles. The third-order valence-corrected chi connectivity index (χ3v) is 3.65. The number of hydrogen-bond donors (Lipinski definition) is 2. The van der Waals surface area contributed by atoms with Gasteiger partial charge in [0.2, 0.25) is 0 Å². The molecule has 3 nitrogen and oxygen atoms in total. The summed E-state index contributed by atoms with van der Waals surface area (Å²) in [5.41, 5.74) is 6.34. The Morgan fingerprint density at radius 1 is 1.05 bits per heavy atom.